The molecule has 5 nitrogen and oxygen atoms in total. The van der Waals surface area contributed by atoms with Crippen molar-refractivity contribution >= 4 is 11.8 Å². The highest BCUT2D eigenvalue weighted by Crippen LogP contribution is 2.07. The van der Waals surface area contributed by atoms with Gasteiger partial charge in [-0.15, -0.1) is 0 Å². The molecule has 1 unspecified atom stereocenters. The number of nitrogens with two attached hydrogens (primary N) is 2. The molecule has 1 rings (SSSR count). The Morgan fingerprint density at radius 1 is 1.31 bits per heavy atom. The predicted molar refractivity (Wildman–Crippen MR) is 58.4 cm³/mol. The molecule has 86 valence electrons. The van der Waals surface area contributed by atoms with Crippen molar-refractivity contribution in [3.8, 4) is 0 Å². The van der Waals surface area contributed by atoms with Crippen LogP contribution >= 0.6 is 0 Å². The monoisotopic (exact) mass is 222 g/mol. The summed E-state index contributed by atoms with van der Waals surface area (Å²) in [5.41, 5.74) is 7.01. The van der Waals surface area contributed by atoms with Gasteiger partial charge in [-0.3, -0.25) is 4.79 Å². The molecule has 0 radical (unpaired) electrons. The average molecular weight is 222 g/mol. The van der Waals surface area contributed by atoms with Gasteiger partial charge in [-0.1, -0.05) is 24.3 Å². The number of benzene rings is 1. The van der Waals surface area contributed by atoms with Crippen LogP contribution in [0.3, 0.4) is 0 Å². The summed E-state index contributed by atoms with van der Waals surface area (Å²) < 4.78 is 0. The molecule has 0 aliphatic rings. The lowest BCUT2D eigenvalue weighted by molar-refractivity contribution is -0.145. The van der Waals surface area contributed by atoms with Crippen LogP contribution in [-0.2, 0) is 16.1 Å². The van der Waals surface area contributed by atoms with Gasteiger partial charge in [0.2, 0.25) is 0 Å². The van der Waals surface area contributed by atoms with Crippen molar-refractivity contribution in [3.63, 3.8) is 0 Å². The lowest BCUT2D eigenvalue weighted by Gasteiger charge is -2.08. The second-order valence-corrected chi connectivity index (χ2v) is 3.50. The summed E-state index contributed by atoms with van der Waals surface area (Å²) in [6, 6.07) is 6.10. The van der Waals surface area contributed by atoms with E-state index in [0.29, 0.717) is 12.0 Å². The number of carbonyl (C=O) groups is 2. The topological polar surface area (TPSA) is 95.4 Å². The second-order valence-electron chi connectivity index (χ2n) is 3.50. The number of Topliss-reactive ketones (excluding diaryl/α,β-unsaturated/α-hetero) is 1. The molecular weight excluding hydrogens is 208 g/mol. The third-order valence-electron chi connectivity index (χ3n) is 2.23. The molecule has 0 fully saturated rings. The second kappa shape index (κ2) is 5.39. The summed E-state index contributed by atoms with van der Waals surface area (Å²) in [6.45, 7) is 1.49. The lowest BCUT2D eigenvalue weighted by Crippen LogP contribution is -2.35. The van der Waals surface area contributed by atoms with Gasteiger partial charge in [0.15, 0.2) is 5.78 Å². The molecule has 5 heteroatoms. The molecule has 4 N–H and O–H groups in total. The predicted octanol–water partition coefficient (Wildman–Crippen LogP) is 0.176. The van der Waals surface area contributed by atoms with E-state index in [1.54, 1.807) is 24.3 Å². The van der Waals surface area contributed by atoms with Gasteiger partial charge < -0.3 is 10.6 Å². The van der Waals surface area contributed by atoms with Crippen LogP contribution in [0.4, 0.5) is 0 Å². The highest BCUT2D eigenvalue weighted by atomic mass is 16.7. The highest BCUT2D eigenvalue weighted by Gasteiger charge is 2.14. The molecule has 1 aromatic rings. The van der Waals surface area contributed by atoms with Crippen molar-refractivity contribution in [2.24, 2.45) is 11.6 Å². The molecule has 1 aromatic carbocycles. The molecule has 0 amide bonds. The zero-order valence-corrected chi connectivity index (χ0v) is 8.97. The molecule has 0 aromatic heterocycles. The fraction of sp³-hybridized carbons (Fsp3) is 0.273. The quantitative estimate of drug-likeness (QED) is 0.559. The summed E-state index contributed by atoms with van der Waals surface area (Å²) in [7, 11) is 0. The minimum absolute atomic E-state index is 0.00258. The van der Waals surface area contributed by atoms with Crippen molar-refractivity contribution in [1.29, 1.82) is 0 Å². The van der Waals surface area contributed by atoms with Crippen LogP contribution in [0.5, 0.6) is 0 Å². The van der Waals surface area contributed by atoms with E-state index < -0.39 is 12.0 Å². The maximum Gasteiger partial charge on any atom is 0.341 e. The third kappa shape index (κ3) is 3.15. The number of ketones is 1. The standard InChI is InChI=1S/C11H14N2O3/c1-7(14)9-4-2-8(3-5-9)6-10(12)11(15)16-13/h2-5,10H,6,12-13H2,1H3. The molecule has 0 aliphatic heterocycles. The normalized spacial score (nSPS) is 11.9. The largest absolute Gasteiger partial charge is 0.372 e. The molecule has 0 bridgehead atoms. The first-order chi connectivity index (χ1) is 7.54. The van der Waals surface area contributed by atoms with E-state index in [2.05, 4.69) is 4.84 Å². The average Bonchev–Trinajstić information content (AvgIpc) is 2.28. The Bertz CT molecular complexity index is 387. The molecule has 16 heavy (non-hydrogen) atoms. The fourth-order valence-electron chi connectivity index (χ4n) is 1.30. The van der Waals surface area contributed by atoms with Crippen molar-refractivity contribution in [2.75, 3.05) is 0 Å². The van der Waals surface area contributed by atoms with Crippen LogP contribution in [0.2, 0.25) is 0 Å². The molecule has 0 saturated carbocycles. The van der Waals surface area contributed by atoms with Gasteiger partial charge in [-0.2, -0.15) is 5.90 Å². The molecule has 0 spiro atoms. The van der Waals surface area contributed by atoms with Crippen molar-refractivity contribution in [1.82, 2.24) is 0 Å². The summed E-state index contributed by atoms with van der Waals surface area (Å²) in [4.78, 5) is 26.0. The molecule has 0 heterocycles. The SMILES string of the molecule is CC(=O)c1ccc(CC(N)C(=O)ON)cc1. The maximum absolute atomic E-state index is 11.0. The van der Waals surface area contributed by atoms with Gasteiger partial charge in [0.25, 0.3) is 0 Å². The number of hydrogen-bond acceptors (Lipinski definition) is 5. The van der Waals surface area contributed by atoms with E-state index in [1.165, 1.54) is 6.92 Å². The molecule has 0 saturated heterocycles. The van der Waals surface area contributed by atoms with E-state index in [9.17, 15) is 9.59 Å². The Balaban J connectivity index is 2.68. The summed E-state index contributed by atoms with van der Waals surface area (Å²) in [5, 5.41) is 0. The third-order valence-corrected chi connectivity index (χ3v) is 2.23. The first-order valence-corrected chi connectivity index (χ1v) is 4.80. The lowest BCUT2D eigenvalue weighted by atomic mass is 10.0. The van der Waals surface area contributed by atoms with Crippen LogP contribution < -0.4 is 11.6 Å². The van der Waals surface area contributed by atoms with Crippen molar-refractivity contribution in [2.45, 2.75) is 19.4 Å². The van der Waals surface area contributed by atoms with Gasteiger partial charge in [-0.25, -0.2) is 4.79 Å². The number of rotatable bonds is 4. The number of carbonyl (C=O) groups excluding carboxylic acids is 2. The van der Waals surface area contributed by atoms with E-state index >= 15 is 0 Å². The molecule has 0 aliphatic carbocycles. The molecular formula is C11H14N2O3. The van der Waals surface area contributed by atoms with Gasteiger partial charge in [0.1, 0.15) is 6.04 Å². The Labute approximate surface area is 93.3 Å². The zero-order valence-electron chi connectivity index (χ0n) is 8.97. The highest BCUT2D eigenvalue weighted by molar-refractivity contribution is 5.94. The smallest absolute Gasteiger partial charge is 0.341 e. The van der Waals surface area contributed by atoms with Crippen LogP contribution in [0.15, 0.2) is 24.3 Å². The summed E-state index contributed by atoms with van der Waals surface area (Å²) >= 11 is 0. The zero-order chi connectivity index (χ0) is 12.1. The van der Waals surface area contributed by atoms with Crippen LogP contribution in [-0.4, -0.2) is 17.8 Å². The van der Waals surface area contributed by atoms with E-state index in [4.69, 9.17) is 11.6 Å². The Hall–Kier alpha value is -1.72. The van der Waals surface area contributed by atoms with Crippen LogP contribution in [0.1, 0.15) is 22.8 Å². The van der Waals surface area contributed by atoms with Crippen LogP contribution in [0.25, 0.3) is 0 Å². The number of hydrogen-bond donors (Lipinski definition) is 2. The first kappa shape index (κ1) is 12.4. The van der Waals surface area contributed by atoms with E-state index in [-0.39, 0.29) is 5.78 Å². The molecule has 1 atom stereocenters. The Morgan fingerprint density at radius 2 is 1.88 bits per heavy atom. The van der Waals surface area contributed by atoms with Gasteiger partial charge >= 0.3 is 5.97 Å². The Kier molecular flexibility index (Phi) is 4.16. The van der Waals surface area contributed by atoms with Gasteiger partial charge in [0, 0.05) is 5.56 Å². The minimum Gasteiger partial charge on any atom is -0.372 e. The van der Waals surface area contributed by atoms with Gasteiger partial charge in [0.05, 0.1) is 0 Å². The van der Waals surface area contributed by atoms with Crippen molar-refractivity contribution in [3.05, 3.63) is 35.4 Å². The maximum atomic E-state index is 11.0. The minimum atomic E-state index is -0.784. The first-order valence-electron chi connectivity index (χ1n) is 4.80. The van der Waals surface area contributed by atoms with Crippen molar-refractivity contribution < 1.29 is 14.4 Å². The van der Waals surface area contributed by atoms with Crippen LogP contribution in [0, 0.1) is 0 Å². The fourth-order valence-corrected chi connectivity index (χ4v) is 1.30. The summed E-state index contributed by atoms with van der Waals surface area (Å²) in [6.07, 6.45) is 0.328. The van der Waals surface area contributed by atoms with E-state index in [0.717, 1.165) is 5.56 Å². The Morgan fingerprint density at radius 3 is 2.31 bits per heavy atom. The van der Waals surface area contributed by atoms with Gasteiger partial charge in [-0.05, 0) is 18.9 Å². The van der Waals surface area contributed by atoms with E-state index in [1.807, 2.05) is 0 Å². The summed E-state index contributed by atoms with van der Waals surface area (Å²) in [5.74, 6) is 4.06.